The minimum Gasteiger partial charge on any atom is -0.365 e. The summed E-state index contributed by atoms with van der Waals surface area (Å²) in [6.07, 6.45) is -0.0527. The third-order valence-corrected chi connectivity index (χ3v) is 4.57. The van der Waals surface area contributed by atoms with Gasteiger partial charge in [0.25, 0.3) is 5.89 Å². The van der Waals surface area contributed by atoms with Crippen LogP contribution in [0.4, 0.5) is 4.39 Å². The van der Waals surface area contributed by atoms with E-state index in [2.05, 4.69) is 15.2 Å². The molecular weight excluding hydrogens is 347 g/mol. The second-order valence-corrected chi connectivity index (χ2v) is 6.32. The average molecular weight is 362 g/mol. The average Bonchev–Trinajstić information content (AvgIpc) is 3.35. The summed E-state index contributed by atoms with van der Waals surface area (Å²) in [4.78, 5) is 4.30. The number of benzene rings is 2. The molecule has 1 aliphatic heterocycles. The van der Waals surface area contributed by atoms with Crippen molar-refractivity contribution in [1.82, 2.24) is 19.9 Å². The van der Waals surface area contributed by atoms with Crippen LogP contribution in [0.15, 0.2) is 65.2 Å². The number of rotatable bonds is 3. The summed E-state index contributed by atoms with van der Waals surface area (Å²) in [6.45, 7) is 1.05. The van der Waals surface area contributed by atoms with Crippen molar-refractivity contribution in [3.8, 4) is 23.0 Å². The van der Waals surface area contributed by atoms with Crippen molar-refractivity contribution in [3.63, 3.8) is 0 Å². The third kappa shape index (κ3) is 2.92. The molecule has 27 heavy (non-hydrogen) atoms. The number of hydrogen-bond donors (Lipinski definition) is 0. The first kappa shape index (κ1) is 15.9. The molecule has 5 rings (SSSR count). The summed E-state index contributed by atoms with van der Waals surface area (Å²) in [5.41, 5.74) is 2.89. The maximum Gasteiger partial charge on any atom is 0.278 e. The Hall–Kier alpha value is -3.32. The smallest absolute Gasteiger partial charge is 0.278 e. The van der Waals surface area contributed by atoms with Crippen LogP contribution >= 0.6 is 0 Å². The first-order valence-electron chi connectivity index (χ1n) is 8.60. The number of halogens is 1. The lowest BCUT2D eigenvalue weighted by Crippen LogP contribution is -2.21. The molecule has 6 nitrogen and oxygen atoms in total. The van der Waals surface area contributed by atoms with Gasteiger partial charge in [-0.3, -0.25) is 4.68 Å². The fourth-order valence-electron chi connectivity index (χ4n) is 3.18. The molecule has 134 valence electrons. The van der Waals surface area contributed by atoms with Crippen molar-refractivity contribution in [3.05, 3.63) is 77.7 Å². The predicted molar refractivity (Wildman–Crippen MR) is 94.9 cm³/mol. The number of fused-ring (bicyclic) bond motifs is 1. The molecule has 0 unspecified atom stereocenters. The standard InChI is InChI=1S/C20H15FN4O2/c21-16-9-5-4-8-15(16)19-22-20(27-24-19)17-10-14-12-26-18(11-25(14)23-17)13-6-2-1-3-7-13/h1-10,18H,11-12H2/t18-/m1/s1. The molecule has 1 aliphatic rings. The van der Waals surface area contributed by atoms with Gasteiger partial charge in [-0.2, -0.15) is 10.1 Å². The normalized spacial score (nSPS) is 16.3. The van der Waals surface area contributed by atoms with Crippen LogP contribution in [-0.4, -0.2) is 19.9 Å². The molecule has 0 fully saturated rings. The zero-order valence-corrected chi connectivity index (χ0v) is 14.2. The van der Waals surface area contributed by atoms with E-state index in [4.69, 9.17) is 9.26 Å². The Bertz CT molecular complexity index is 1090. The molecule has 0 bridgehead atoms. The van der Waals surface area contributed by atoms with Gasteiger partial charge in [-0.05, 0) is 23.8 Å². The van der Waals surface area contributed by atoms with E-state index >= 15 is 0 Å². The van der Waals surface area contributed by atoms with Gasteiger partial charge in [0.2, 0.25) is 5.82 Å². The highest BCUT2D eigenvalue weighted by atomic mass is 19.1. The Morgan fingerprint density at radius 1 is 1.04 bits per heavy atom. The molecular formula is C20H15FN4O2. The van der Waals surface area contributed by atoms with Crippen molar-refractivity contribution < 1.29 is 13.7 Å². The lowest BCUT2D eigenvalue weighted by Gasteiger charge is -2.24. The molecule has 4 aromatic rings. The van der Waals surface area contributed by atoms with Crippen molar-refractivity contribution in [2.75, 3.05) is 0 Å². The maximum absolute atomic E-state index is 13.9. The van der Waals surface area contributed by atoms with Crippen molar-refractivity contribution in [1.29, 1.82) is 0 Å². The van der Waals surface area contributed by atoms with Crippen molar-refractivity contribution in [2.24, 2.45) is 0 Å². The van der Waals surface area contributed by atoms with Crippen LogP contribution in [0.1, 0.15) is 17.4 Å². The van der Waals surface area contributed by atoms with Gasteiger partial charge in [-0.25, -0.2) is 4.39 Å². The Morgan fingerprint density at radius 3 is 2.70 bits per heavy atom. The van der Waals surface area contributed by atoms with Crippen LogP contribution in [0.5, 0.6) is 0 Å². The number of ether oxygens (including phenoxy) is 1. The van der Waals surface area contributed by atoms with Gasteiger partial charge in [0.1, 0.15) is 11.9 Å². The summed E-state index contributed by atoms with van der Waals surface area (Å²) >= 11 is 0. The molecule has 1 atom stereocenters. The summed E-state index contributed by atoms with van der Waals surface area (Å²) in [5, 5.41) is 8.46. The largest absolute Gasteiger partial charge is 0.365 e. The lowest BCUT2D eigenvalue weighted by atomic mass is 10.1. The quantitative estimate of drug-likeness (QED) is 0.551. The maximum atomic E-state index is 13.9. The molecule has 0 N–H and O–H groups in total. The molecule has 0 saturated carbocycles. The second kappa shape index (κ2) is 6.44. The fourth-order valence-corrected chi connectivity index (χ4v) is 3.18. The highest BCUT2D eigenvalue weighted by molar-refractivity contribution is 5.58. The number of hydrogen-bond acceptors (Lipinski definition) is 5. The van der Waals surface area contributed by atoms with E-state index in [1.54, 1.807) is 18.2 Å². The van der Waals surface area contributed by atoms with Gasteiger partial charge < -0.3 is 9.26 Å². The summed E-state index contributed by atoms with van der Waals surface area (Å²) in [5.74, 6) is 0.0620. The van der Waals surface area contributed by atoms with E-state index in [1.165, 1.54) is 6.07 Å². The van der Waals surface area contributed by atoms with E-state index in [0.717, 1.165) is 11.3 Å². The molecule has 3 heterocycles. The summed E-state index contributed by atoms with van der Waals surface area (Å²) in [7, 11) is 0. The van der Waals surface area contributed by atoms with E-state index in [-0.39, 0.29) is 17.8 Å². The highest BCUT2D eigenvalue weighted by Crippen LogP contribution is 2.29. The van der Waals surface area contributed by atoms with Crippen LogP contribution in [0.2, 0.25) is 0 Å². The molecule has 0 aliphatic carbocycles. The van der Waals surface area contributed by atoms with Gasteiger partial charge in [0.15, 0.2) is 5.69 Å². The van der Waals surface area contributed by atoms with Gasteiger partial charge >= 0.3 is 0 Å². The van der Waals surface area contributed by atoms with Crippen LogP contribution in [-0.2, 0) is 17.9 Å². The Morgan fingerprint density at radius 2 is 1.85 bits per heavy atom. The lowest BCUT2D eigenvalue weighted by molar-refractivity contribution is -0.00113. The minimum absolute atomic E-state index is 0.0527. The zero-order chi connectivity index (χ0) is 18.2. The Balaban J connectivity index is 1.43. The summed E-state index contributed by atoms with van der Waals surface area (Å²) < 4.78 is 27.1. The van der Waals surface area contributed by atoms with Gasteiger partial charge in [-0.1, -0.05) is 47.6 Å². The van der Waals surface area contributed by atoms with Gasteiger partial charge in [-0.15, -0.1) is 0 Å². The highest BCUT2D eigenvalue weighted by Gasteiger charge is 2.24. The predicted octanol–water partition coefficient (Wildman–Crippen LogP) is 4.01. The molecule has 2 aromatic carbocycles. The van der Waals surface area contributed by atoms with Crippen LogP contribution in [0.3, 0.4) is 0 Å². The SMILES string of the molecule is Fc1ccccc1-c1noc(-c2cc3n(n2)C[C@H](c2ccccc2)OC3)n1. The second-order valence-electron chi connectivity index (χ2n) is 6.32. The Kier molecular flexibility index (Phi) is 3.79. The van der Waals surface area contributed by atoms with E-state index < -0.39 is 5.82 Å². The number of aromatic nitrogens is 4. The monoisotopic (exact) mass is 362 g/mol. The zero-order valence-electron chi connectivity index (χ0n) is 14.2. The van der Waals surface area contributed by atoms with Crippen LogP contribution in [0.25, 0.3) is 23.0 Å². The van der Waals surface area contributed by atoms with Crippen molar-refractivity contribution in [2.45, 2.75) is 19.3 Å². The van der Waals surface area contributed by atoms with E-state index in [0.29, 0.717) is 24.4 Å². The van der Waals surface area contributed by atoms with Crippen LogP contribution < -0.4 is 0 Å². The Labute approximate surface area is 154 Å². The van der Waals surface area contributed by atoms with Crippen molar-refractivity contribution >= 4 is 0 Å². The van der Waals surface area contributed by atoms with E-state index in [9.17, 15) is 4.39 Å². The molecule has 2 aromatic heterocycles. The topological polar surface area (TPSA) is 66.0 Å². The molecule has 0 radical (unpaired) electrons. The molecule has 0 amide bonds. The molecule has 7 heteroatoms. The first-order chi connectivity index (χ1) is 13.3. The van der Waals surface area contributed by atoms with Gasteiger partial charge in [0, 0.05) is 0 Å². The fraction of sp³-hybridized carbons (Fsp3) is 0.150. The first-order valence-corrected chi connectivity index (χ1v) is 8.60. The van der Waals surface area contributed by atoms with E-state index in [1.807, 2.05) is 41.1 Å². The molecule has 0 saturated heterocycles. The number of nitrogens with zero attached hydrogens (tertiary/aromatic N) is 4. The third-order valence-electron chi connectivity index (χ3n) is 4.57. The minimum atomic E-state index is -0.395. The molecule has 0 spiro atoms. The van der Waals surface area contributed by atoms with Crippen LogP contribution in [0, 0.1) is 5.82 Å². The van der Waals surface area contributed by atoms with Gasteiger partial charge in [0.05, 0.1) is 24.4 Å². The summed E-state index contributed by atoms with van der Waals surface area (Å²) in [6, 6.07) is 18.2.